The van der Waals surface area contributed by atoms with Crippen LogP contribution in [0.1, 0.15) is 34.0 Å². The molecule has 25 heavy (non-hydrogen) atoms. The van der Waals surface area contributed by atoms with Gasteiger partial charge < -0.3 is 4.42 Å². The zero-order valence-electron chi connectivity index (χ0n) is 14.7. The van der Waals surface area contributed by atoms with Gasteiger partial charge >= 0.3 is 0 Å². The van der Waals surface area contributed by atoms with Gasteiger partial charge in [0.25, 0.3) is 5.22 Å². The quantitative estimate of drug-likeness (QED) is 0.476. The van der Waals surface area contributed by atoms with Gasteiger partial charge in [-0.1, -0.05) is 42.1 Å². The number of aromatic nitrogens is 2. The normalized spacial score (nSPS) is 12.2. The van der Waals surface area contributed by atoms with Crippen LogP contribution in [0.4, 0.5) is 0 Å². The molecule has 4 nitrogen and oxygen atoms in total. The van der Waals surface area contributed by atoms with E-state index in [1.165, 1.54) is 17.3 Å². The van der Waals surface area contributed by atoms with Crippen LogP contribution in [0.25, 0.3) is 11.5 Å². The van der Waals surface area contributed by atoms with Crippen LogP contribution in [0, 0.1) is 20.8 Å². The van der Waals surface area contributed by atoms with Crippen LogP contribution < -0.4 is 0 Å². The molecule has 0 bridgehead atoms. The van der Waals surface area contributed by atoms with Crippen molar-refractivity contribution in [1.29, 1.82) is 0 Å². The van der Waals surface area contributed by atoms with Crippen molar-refractivity contribution in [2.45, 2.75) is 38.2 Å². The lowest BCUT2D eigenvalue weighted by atomic mass is 10.0. The Morgan fingerprint density at radius 2 is 1.76 bits per heavy atom. The summed E-state index contributed by atoms with van der Waals surface area (Å²) in [4.78, 5) is 12.6. The molecular formula is C20H20N2O2S. The highest BCUT2D eigenvalue weighted by molar-refractivity contribution is 8.00. The molecule has 0 amide bonds. The van der Waals surface area contributed by atoms with Gasteiger partial charge in [-0.25, -0.2) is 0 Å². The van der Waals surface area contributed by atoms with Crippen LogP contribution in [0.3, 0.4) is 0 Å². The van der Waals surface area contributed by atoms with Gasteiger partial charge in [0, 0.05) is 11.1 Å². The number of carbonyl (C=O) groups excluding carboxylic acids is 1. The van der Waals surface area contributed by atoms with Crippen molar-refractivity contribution < 1.29 is 9.21 Å². The smallest absolute Gasteiger partial charge is 0.277 e. The summed E-state index contributed by atoms with van der Waals surface area (Å²) in [5.74, 6) is 0.537. The van der Waals surface area contributed by atoms with Crippen LogP contribution in [0.5, 0.6) is 0 Å². The molecule has 0 spiro atoms. The molecule has 1 unspecified atom stereocenters. The number of hydrogen-bond acceptors (Lipinski definition) is 5. The van der Waals surface area contributed by atoms with Gasteiger partial charge in [-0.2, -0.15) is 0 Å². The molecule has 1 aromatic heterocycles. The third kappa shape index (κ3) is 3.82. The SMILES string of the molecule is Cc1ccc(C(=O)C(C)Sc2nnc(-c3ccccc3C)o2)cc1C. The minimum atomic E-state index is -0.299. The maximum Gasteiger partial charge on any atom is 0.277 e. The average molecular weight is 352 g/mol. The Kier molecular flexibility index (Phi) is 5.04. The summed E-state index contributed by atoms with van der Waals surface area (Å²) in [5, 5.41) is 8.29. The number of Topliss-reactive ketones (excluding diaryl/α,β-unsaturated/α-hetero) is 1. The Balaban J connectivity index is 1.75. The number of benzene rings is 2. The molecule has 0 saturated heterocycles. The second-order valence-corrected chi connectivity index (χ2v) is 7.40. The van der Waals surface area contributed by atoms with E-state index in [1.54, 1.807) is 0 Å². The number of nitrogens with zero attached hydrogens (tertiary/aromatic N) is 2. The number of rotatable bonds is 5. The lowest BCUT2D eigenvalue weighted by molar-refractivity contribution is 0.0993. The van der Waals surface area contributed by atoms with Crippen molar-refractivity contribution in [2.75, 3.05) is 0 Å². The fraction of sp³-hybridized carbons (Fsp3) is 0.250. The molecule has 0 saturated carbocycles. The standard InChI is InChI=1S/C20H20N2O2S/c1-12-9-10-16(11-14(12)3)18(23)15(4)25-20-22-21-19(24-20)17-8-6-5-7-13(17)2/h5-11,15H,1-4H3. The average Bonchev–Trinajstić information content (AvgIpc) is 3.05. The Morgan fingerprint density at radius 3 is 2.48 bits per heavy atom. The zero-order valence-corrected chi connectivity index (χ0v) is 15.6. The van der Waals surface area contributed by atoms with Crippen LogP contribution in [0.15, 0.2) is 52.1 Å². The second-order valence-electron chi connectivity index (χ2n) is 6.11. The van der Waals surface area contributed by atoms with Gasteiger partial charge in [-0.15, -0.1) is 10.2 Å². The molecule has 0 radical (unpaired) electrons. The van der Waals surface area contributed by atoms with Gasteiger partial charge in [0.15, 0.2) is 5.78 Å². The van der Waals surface area contributed by atoms with E-state index >= 15 is 0 Å². The molecule has 2 aromatic carbocycles. The highest BCUT2D eigenvalue weighted by atomic mass is 32.2. The Morgan fingerprint density at radius 1 is 1.00 bits per heavy atom. The van der Waals surface area contributed by atoms with E-state index in [0.717, 1.165) is 16.7 Å². The van der Waals surface area contributed by atoms with E-state index in [0.29, 0.717) is 16.7 Å². The summed E-state index contributed by atoms with van der Waals surface area (Å²) >= 11 is 1.29. The van der Waals surface area contributed by atoms with Gasteiger partial charge in [0.1, 0.15) is 0 Å². The molecule has 3 aromatic rings. The molecule has 1 atom stereocenters. The van der Waals surface area contributed by atoms with Crippen LogP contribution in [0.2, 0.25) is 0 Å². The Labute approximate surface area is 151 Å². The first-order chi connectivity index (χ1) is 12.0. The van der Waals surface area contributed by atoms with Gasteiger partial charge in [0.2, 0.25) is 5.89 Å². The van der Waals surface area contributed by atoms with E-state index in [4.69, 9.17) is 4.42 Å². The lowest BCUT2D eigenvalue weighted by Crippen LogP contribution is -2.13. The molecule has 0 fully saturated rings. The van der Waals surface area contributed by atoms with Crippen LogP contribution in [-0.2, 0) is 0 Å². The molecule has 0 aliphatic carbocycles. The minimum Gasteiger partial charge on any atom is -0.411 e. The van der Waals surface area contributed by atoms with Crippen LogP contribution in [-0.4, -0.2) is 21.2 Å². The molecule has 5 heteroatoms. The predicted octanol–water partition coefficient (Wildman–Crippen LogP) is 5.03. The minimum absolute atomic E-state index is 0.0590. The summed E-state index contributed by atoms with van der Waals surface area (Å²) in [6.07, 6.45) is 0. The topological polar surface area (TPSA) is 56.0 Å². The summed E-state index contributed by atoms with van der Waals surface area (Å²) in [5.41, 5.74) is 4.98. The van der Waals surface area contributed by atoms with E-state index in [2.05, 4.69) is 10.2 Å². The third-order valence-corrected chi connectivity index (χ3v) is 5.15. The van der Waals surface area contributed by atoms with Crippen molar-refractivity contribution >= 4 is 17.5 Å². The van der Waals surface area contributed by atoms with Crippen LogP contribution >= 0.6 is 11.8 Å². The fourth-order valence-corrected chi connectivity index (χ4v) is 3.27. The molecular weight excluding hydrogens is 332 g/mol. The first kappa shape index (κ1) is 17.4. The van der Waals surface area contributed by atoms with Crippen molar-refractivity contribution in [3.05, 3.63) is 64.7 Å². The van der Waals surface area contributed by atoms with E-state index < -0.39 is 0 Å². The first-order valence-corrected chi connectivity index (χ1v) is 9.01. The van der Waals surface area contributed by atoms with Gasteiger partial charge in [0.05, 0.1) is 5.25 Å². The number of ketones is 1. The zero-order chi connectivity index (χ0) is 18.0. The maximum absolute atomic E-state index is 12.6. The van der Waals surface area contributed by atoms with Crippen molar-refractivity contribution in [1.82, 2.24) is 10.2 Å². The number of aryl methyl sites for hydroxylation is 3. The molecule has 0 N–H and O–H groups in total. The molecule has 3 rings (SSSR count). The number of carbonyl (C=O) groups is 1. The van der Waals surface area contributed by atoms with Gasteiger partial charge in [-0.3, -0.25) is 4.79 Å². The number of hydrogen-bond donors (Lipinski definition) is 0. The monoisotopic (exact) mass is 352 g/mol. The van der Waals surface area contributed by atoms with Crippen molar-refractivity contribution in [3.63, 3.8) is 0 Å². The first-order valence-electron chi connectivity index (χ1n) is 8.13. The van der Waals surface area contributed by atoms with Gasteiger partial charge in [-0.05, 0) is 56.5 Å². The van der Waals surface area contributed by atoms with E-state index in [9.17, 15) is 4.79 Å². The highest BCUT2D eigenvalue weighted by Gasteiger charge is 2.20. The van der Waals surface area contributed by atoms with Crippen molar-refractivity contribution in [3.8, 4) is 11.5 Å². The fourth-order valence-electron chi connectivity index (χ4n) is 2.51. The van der Waals surface area contributed by atoms with Crippen molar-refractivity contribution in [2.24, 2.45) is 0 Å². The third-order valence-electron chi connectivity index (χ3n) is 4.22. The Bertz CT molecular complexity index is 918. The predicted molar refractivity (Wildman–Crippen MR) is 100 cm³/mol. The summed E-state index contributed by atoms with van der Waals surface area (Å²) in [7, 11) is 0. The number of thioether (sulfide) groups is 1. The van der Waals surface area contributed by atoms with E-state index in [-0.39, 0.29) is 11.0 Å². The molecule has 0 aliphatic heterocycles. The molecule has 128 valence electrons. The summed E-state index contributed by atoms with van der Waals surface area (Å²) < 4.78 is 5.74. The molecule has 0 aliphatic rings. The lowest BCUT2D eigenvalue weighted by Gasteiger charge is -2.09. The second kappa shape index (κ2) is 7.23. The molecule has 1 heterocycles. The highest BCUT2D eigenvalue weighted by Crippen LogP contribution is 2.29. The largest absolute Gasteiger partial charge is 0.411 e. The maximum atomic E-state index is 12.6. The summed E-state index contributed by atoms with van der Waals surface area (Å²) in [6, 6.07) is 13.6. The summed E-state index contributed by atoms with van der Waals surface area (Å²) in [6.45, 7) is 7.90. The Hall–Kier alpha value is -2.40. The van der Waals surface area contributed by atoms with E-state index in [1.807, 2.05) is 70.2 Å².